The van der Waals surface area contributed by atoms with Crippen LogP contribution in [0.1, 0.15) is 24.1 Å². The maximum absolute atomic E-state index is 13.1. The van der Waals surface area contributed by atoms with Crippen LogP contribution >= 0.6 is 0 Å². The predicted octanol–water partition coefficient (Wildman–Crippen LogP) is 2.96. The normalized spacial score (nSPS) is 16.2. The van der Waals surface area contributed by atoms with Gasteiger partial charge in [0, 0.05) is 26.2 Å². The molecule has 30 heavy (non-hydrogen) atoms. The highest BCUT2D eigenvalue weighted by atomic mass is 19.1. The van der Waals surface area contributed by atoms with E-state index in [0.717, 1.165) is 50.1 Å². The topological polar surface area (TPSA) is 58.1 Å². The number of aliphatic imine (C=N–C) groups is 1. The van der Waals surface area contributed by atoms with Crippen molar-refractivity contribution < 1.29 is 13.9 Å². The van der Waals surface area contributed by atoms with Gasteiger partial charge < -0.3 is 20.1 Å². The third-order valence-corrected chi connectivity index (χ3v) is 5.13. The number of hydrogen-bond donors (Lipinski definition) is 2. The van der Waals surface area contributed by atoms with Crippen LogP contribution in [-0.2, 0) is 11.3 Å². The Bertz CT molecular complexity index is 790. The molecule has 0 aromatic heterocycles. The summed E-state index contributed by atoms with van der Waals surface area (Å²) in [7, 11) is 1.68. The second-order valence-corrected chi connectivity index (χ2v) is 7.14. The Morgan fingerprint density at radius 3 is 2.43 bits per heavy atom. The number of morpholine rings is 1. The van der Waals surface area contributed by atoms with Crippen LogP contribution in [0.2, 0.25) is 0 Å². The minimum atomic E-state index is -0.236. The van der Waals surface area contributed by atoms with Gasteiger partial charge in [-0.3, -0.25) is 4.90 Å². The van der Waals surface area contributed by atoms with E-state index in [1.807, 2.05) is 19.1 Å². The van der Waals surface area contributed by atoms with Crippen LogP contribution in [0.4, 0.5) is 4.39 Å². The summed E-state index contributed by atoms with van der Waals surface area (Å²) in [6.45, 7) is 7.26. The van der Waals surface area contributed by atoms with Crippen LogP contribution in [0.5, 0.6) is 5.75 Å². The second-order valence-electron chi connectivity index (χ2n) is 7.14. The maximum Gasteiger partial charge on any atom is 0.191 e. The lowest BCUT2D eigenvalue weighted by Gasteiger charge is -2.35. The Morgan fingerprint density at radius 2 is 1.80 bits per heavy atom. The van der Waals surface area contributed by atoms with E-state index in [1.165, 1.54) is 17.7 Å². The summed E-state index contributed by atoms with van der Waals surface area (Å²) >= 11 is 0. The van der Waals surface area contributed by atoms with Crippen molar-refractivity contribution in [1.29, 1.82) is 0 Å². The SMILES string of the molecule is CCNC(=NCc1ccc(F)cc1)NCC(c1ccc(OC)cc1)N1CCOCC1. The van der Waals surface area contributed by atoms with Crippen molar-refractivity contribution in [3.05, 3.63) is 65.5 Å². The largest absolute Gasteiger partial charge is 0.497 e. The summed E-state index contributed by atoms with van der Waals surface area (Å²) in [6, 6.07) is 14.9. The summed E-state index contributed by atoms with van der Waals surface area (Å²) in [6.07, 6.45) is 0. The molecule has 1 saturated heterocycles. The van der Waals surface area contributed by atoms with Crippen molar-refractivity contribution >= 4 is 5.96 Å². The molecule has 1 aliphatic rings. The molecule has 7 heteroatoms. The van der Waals surface area contributed by atoms with Gasteiger partial charge in [0.05, 0.1) is 32.9 Å². The first-order valence-corrected chi connectivity index (χ1v) is 10.4. The highest BCUT2D eigenvalue weighted by molar-refractivity contribution is 5.79. The monoisotopic (exact) mass is 414 g/mol. The van der Waals surface area contributed by atoms with E-state index >= 15 is 0 Å². The molecule has 1 atom stereocenters. The number of guanidine groups is 1. The van der Waals surface area contributed by atoms with Gasteiger partial charge in [0.15, 0.2) is 5.96 Å². The van der Waals surface area contributed by atoms with Crippen molar-refractivity contribution in [1.82, 2.24) is 15.5 Å². The van der Waals surface area contributed by atoms with Crippen LogP contribution in [0.15, 0.2) is 53.5 Å². The Balaban J connectivity index is 1.70. The molecule has 2 aromatic carbocycles. The number of rotatable bonds is 8. The summed E-state index contributed by atoms with van der Waals surface area (Å²) in [5.74, 6) is 1.36. The van der Waals surface area contributed by atoms with E-state index in [9.17, 15) is 4.39 Å². The summed E-state index contributed by atoms with van der Waals surface area (Å²) in [5, 5.41) is 6.77. The van der Waals surface area contributed by atoms with Gasteiger partial charge >= 0.3 is 0 Å². The number of hydrogen-bond acceptors (Lipinski definition) is 4. The molecule has 0 radical (unpaired) electrons. The highest BCUT2D eigenvalue weighted by Gasteiger charge is 2.23. The van der Waals surface area contributed by atoms with E-state index < -0.39 is 0 Å². The molecule has 1 unspecified atom stereocenters. The zero-order valence-electron chi connectivity index (χ0n) is 17.7. The first-order chi connectivity index (χ1) is 14.7. The van der Waals surface area contributed by atoms with E-state index in [4.69, 9.17) is 9.47 Å². The molecule has 0 spiro atoms. The molecule has 162 valence electrons. The first-order valence-electron chi connectivity index (χ1n) is 10.4. The lowest BCUT2D eigenvalue weighted by Crippen LogP contribution is -2.46. The van der Waals surface area contributed by atoms with Crippen molar-refractivity contribution in [2.75, 3.05) is 46.5 Å². The third-order valence-electron chi connectivity index (χ3n) is 5.13. The molecule has 1 heterocycles. The quantitative estimate of drug-likeness (QED) is 0.514. The lowest BCUT2D eigenvalue weighted by molar-refractivity contribution is 0.0170. The van der Waals surface area contributed by atoms with Gasteiger partial charge in [-0.25, -0.2) is 9.38 Å². The minimum Gasteiger partial charge on any atom is -0.497 e. The van der Waals surface area contributed by atoms with Gasteiger partial charge in [0.2, 0.25) is 0 Å². The molecule has 1 aliphatic heterocycles. The number of nitrogens with one attached hydrogen (secondary N) is 2. The van der Waals surface area contributed by atoms with Crippen molar-refractivity contribution in [3.63, 3.8) is 0 Å². The third kappa shape index (κ3) is 6.43. The summed E-state index contributed by atoms with van der Waals surface area (Å²) in [5.41, 5.74) is 2.19. The van der Waals surface area contributed by atoms with Gasteiger partial charge in [-0.15, -0.1) is 0 Å². The smallest absolute Gasteiger partial charge is 0.191 e. The summed E-state index contributed by atoms with van der Waals surface area (Å²) < 4.78 is 24.0. The zero-order chi connectivity index (χ0) is 21.2. The van der Waals surface area contributed by atoms with Crippen LogP contribution in [0.3, 0.4) is 0 Å². The van der Waals surface area contributed by atoms with Crippen molar-refractivity contribution in [2.45, 2.75) is 19.5 Å². The van der Waals surface area contributed by atoms with Crippen molar-refractivity contribution in [2.24, 2.45) is 4.99 Å². The van der Waals surface area contributed by atoms with Gasteiger partial charge in [0.1, 0.15) is 11.6 Å². The van der Waals surface area contributed by atoms with Crippen LogP contribution in [0.25, 0.3) is 0 Å². The zero-order valence-corrected chi connectivity index (χ0v) is 17.7. The van der Waals surface area contributed by atoms with Crippen LogP contribution in [-0.4, -0.2) is 57.4 Å². The Labute approximate surface area is 178 Å². The van der Waals surface area contributed by atoms with Gasteiger partial charge in [-0.1, -0.05) is 24.3 Å². The number of benzene rings is 2. The first kappa shape index (κ1) is 22.1. The predicted molar refractivity (Wildman–Crippen MR) is 117 cm³/mol. The molecule has 2 N–H and O–H groups in total. The van der Waals surface area contributed by atoms with E-state index in [2.05, 4.69) is 32.7 Å². The molecular weight excluding hydrogens is 383 g/mol. The molecule has 0 aliphatic carbocycles. The van der Waals surface area contributed by atoms with E-state index in [1.54, 1.807) is 19.2 Å². The fourth-order valence-electron chi connectivity index (χ4n) is 3.47. The Kier molecular flexibility index (Phi) is 8.47. The molecule has 3 rings (SSSR count). The molecular formula is C23H31FN4O2. The summed E-state index contributed by atoms with van der Waals surface area (Å²) in [4.78, 5) is 7.09. The molecule has 0 amide bonds. The number of halogens is 1. The van der Waals surface area contributed by atoms with E-state index in [0.29, 0.717) is 13.1 Å². The molecule has 2 aromatic rings. The highest BCUT2D eigenvalue weighted by Crippen LogP contribution is 2.23. The van der Waals surface area contributed by atoms with Crippen LogP contribution < -0.4 is 15.4 Å². The number of ether oxygens (including phenoxy) is 2. The van der Waals surface area contributed by atoms with Crippen molar-refractivity contribution in [3.8, 4) is 5.75 Å². The maximum atomic E-state index is 13.1. The fraction of sp³-hybridized carbons (Fsp3) is 0.435. The van der Waals surface area contributed by atoms with Gasteiger partial charge in [0.25, 0.3) is 0 Å². The second kappa shape index (κ2) is 11.5. The Morgan fingerprint density at radius 1 is 1.10 bits per heavy atom. The standard InChI is InChI=1S/C23H31FN4O2/c1-3-25-23(26-16-18-4-8-20(24)9-5-18)27-17-22(28-12-14-30-15-13-28)19-6-10-21(29-2)11-7-19/h4-11,22H,3,12-17H2,1-2H3,(H2,25,26,27). The van der Waals surface area contributed by atoms with Crippen LogP contribution in [0, 0.1) is 5.82 Å². The molecule has 0 bridgehead atoms. The van der Waals surface area contributed by atoms with Gasteiger partial charge in [-0.2, -0.15) is 0 Å². The fourth-order valence-corrected chi connectivity index (χ4v) is 3.47. The molecule has 6 nitrogen and oxygen atoms in total. The number of nitrogens with zero attached hydrogens (tertiary/aromatic N) is 2. The number of methoxy groups -OCH3 is 1. The van der Waals surface area contributed by atoms with Gasteiger partial charge in [-0.05, 0) is 42.3 Å². The Hall–Kier alpha value is -2.64. The average Bonchev–Trinajstić information content (AvgIpc) is 2.79. The molecule has 1 fully saturated rings. The van der Waals surface area contributed by atoms with E-state index in [-0.39, 0.29) is 11.9 Å². The molecule has 0 saturated carbocycles. The minimum absolute atomic E-state index is 0.189. The lowest BCUT2D eigenvalue weighted by atomic mass is 10.0. The average molecular weight is 415 g/mol.